The molecule has 3 heterocycles. The highest BCUT2D eigenvalue weighted by Gasteiger charge is 2.23. The standard InChI is InChI=1S/C9H13N7/c1-10-7-2-3-15(6-7)9-5-11-4-8-12-13-14-16(8)9/h4-5,7,10H,2-3,6H2,1H3. The molecule has 1 N–H and O–H groups in total. The number of aromatic nitrogens is 5. The molecule has 1 unspecified atom stereocenters. The van der Waals surface area contributed by atoms with Crippen LogP contribution in [0.2, 0.25) is 0 Å². The summed E-state index contributed by atoms with van der Waals surface area (Å²) in [5.74, 6) is 0.959. The highest BCUT2D eigenvalue weighted by Crippen LogP contribution is 2.18. The van der Waals surface area contributed by atoms with E-state index in [-0.39, 0.29) is 0 Å². The number of fused-ring (bicyclic) bond motifs is 1. The maximum Gasteiger partial charge on any atom is 0.199 e. The Bertz CT molecular complexity index is 493. The lowest BCUT2D eigenvalue weighted by molar-refractivity contribution is 0.616. The molecule has 1 atom stereocenters. The van der Waals surface area contributed by atoms with Gasteiger partial charge in [-0.25, -0.2) is 0 Å². The van der Waals surface area contributed by atoms with Crippen LogP contribution in [0.4, 0.5) is 5.82 Å². The van der Waals surface area contributed by atoms with Crippen molar-refractivity contribution < 1.29 is 0 Å². The molecule has 0 saturated carbocycles. The Morgan fingerprint density at radius 2 is 2.38 bits per heavy atom. The molecule has 0 bridgehead atoms. The van der Waals surface area contributed by atoms with E-state index in [2.05, 4.69) is 30.7 Å². The van der Waals surface area contributed by atoms with Crippen LogP contribution in [-0.2, 0) is 0 Å². The second kappa shape index (κ2) is 3.67. The van der Waals surface area contributed by atoms with Crippen LogP contribution in [0.1, 0.15) is 6.42 Å². The maximum absolute atomic E-state index is 4.16. The minimum Gasteiger partial charge on any atom is -0.354 e. The first-order valence-corrected chi connectivity index (χ1v) is 5.33. The van der Waals surface area contributed by atoms with Crippen molar-refractivity contribution in [2.24, 2.45) is 0 Å². The number of likely N-dealkylation sites (N-methyl/N-ethyl adjacent to an activating group) is 1. The first kappa shape index (κ1) is 9.46. The minimum absolute atomic E-state index is 0.534. The highest BCUT2D eigenvalue weighted by atomic mass is 15.5. The van der Waals surface area contributed by atoms with Crippen LogP contribution in [0.3, 0.4) is 0 Å². The monoisotopic (exact) mass is 219 g/mol. The van der Waals surface area contributed by atoms with Gasteiger partial charge in [-0.3, -0.25) is 4.98 Å². The van der Waals surface area contributed by atoms with Gasteiger partial charge < -0.3 is 10.2 Å². The topological polar surface area (TPSA) is 71.2 Å². The van der Waals surface area contributed by atoms with Gasteiger partial charge in [-0.05, 0) is 23.9 Å². The summed E-state index contributed by atoms with van der Waals surface area (Å²) in [6, 6.07) is 0.534. The van der Waals surface area contributed by atoms with Crippen LogP contribution < -0.4 is 10.2 Å². The molecule has 3 rings (SSSR count). The van der Waals surface area contributed by atoms with Gasteiger partial charge in [0.1, 0.15) is 0 Å². The third kappa shape index (κ3) is 1.40. The van der Waals surface area contributed by atoms with Gasteiger partial charge in [0.05, 0.1) is 12.4 Å². The van der Waals surface area contributed by atoms with E-state index in [1.165, 1.54) is 0 Å². The van der Waals surface area contributed by atoms with Crippen LogP contribution in [-0.4, -0.2) is 51.2 Å². The molecule has 0 amide bonds. The van der Waals surface area contributed by atoms with E-state index in [1.807, 2.05) is 7.05 Å². The van der Waals surface area contributed by atoms with E-state index >= 15 is 0 Å². The summed E-state index contributed by atoms with van der Waals surface area (Å²) in [6.45, 7) is 1.98. The summed E-state index contributed by atoms with van der Waals surface area (Å²) in [4.78, 5) is 6.40. The smallest absolute Gasteiger partial charge is 0.199 e. The van der Waals surface area contributed by atoms with E-state index in [0.717, 1.165) is 25.3 Å². The number of hydrogen-bond donors (Lipinski definition) is 1. The van der Waals surface area contributed by atoms with Gasteiger partial charge in [0.15, 0.2) is 11.5 Å². The lowest BCUT2D eigenvalue weighted by Gasteiger charge is -2.17. The van der Waals surface area contributed by atoms with Gasteiger partial charge in [-0.2, -0.15) is 4.52 Å². The second-order valence-electron chi connectivity index (χ2n) is 3.93. The SMILES string of the molecule is CNC1CCN(c2cncc3nnnn23)C1. The Labute approximate surface area is 92.5 Å². The van der Waals surface area contributed by atoms with Gasteiger partial charge >= 0.3 is 0 Å². The summed E-state index contributed by atoms with van der Waals surface area (Å²) in [5, 5.41) is 14.8. The first-order chi connectivity index (χ1) is 7.88. The Hall–Kier alpha value is -1.76. The zero-order valence-corrected chi connectivity index (χ0v) is 9.04. The Kier molecular flexibility index (Phi) is 2.17. The molecule has 2 aromatic heterocycles. The molecule has 1 aliphatic rings. The van der Waals surface area contributed by atoms with Gasteiger partial charge in [0.2, 0.25) is 0 Å². The van der Waals surface area contributed by atoms with Crippen LogP contribution in [0.25, 0.3) is 5.65 Å². The molecule has 0 aromatic carbocycles. The molecule has 1 saturated heterocycles. The van der Waals surface area contributed by atoms with Gasteiger partial charge in [-0.1, -0.05) is 0 Å². The van der Waals surface area contributed by atoms with Crippen LogP contribution in [0, 0.1) is 0 Å². The van der Waals surface area contributed by atoms with E-state index in [1.54, 1.807) is 16.9 Å². The van der Waals surface area contributed by atoms with Gasteiger partial charge in [0, 0.05) is 19.1 Å². The van der Waals surface area contributed by atoms with E-state index in [9.17, 15) is 0 Å². The van der Waals surface area contributed by atoms with E-state index in [0.29, 0.717) is 11.7 Å². The van der Waals surface area contributed by atoms with Crippen molar-refractivity contribution in [3.8, 4) is 0 Å². The van der Waals surface area contributed by atoms with Crippen molar-refractivity contribution in [2.75, 3.05) is 25.0 Å². The van der Waals surface area contributed by atoms with Crippen molar-refractivity contribution >= 4 is 11.5 Å². The average Bonchev–Trinajstić information content (AvgIpc) is 2.97. The van der Waals surface area contributed by atoms with E-state index < -0.39 is 0 Å². The molecule has 7 nitrogen and oxygen atoms in total. The largest absolute Gasteiger partial charge is 0.354 e. The Morgan fingerprint density at radius 1 is 1.44 bits per heavy atom. The van der Waals surface area contributed by atoms with Crippen molar-refractivity contribution in [3.05, 3.63) is 12.4 Å². The third-order valence-electron chi connectivity index (χ3n) is 3.01. The molecule has 1 fully saturated rings. The summed E-state index contributed by atoms with van der Waals surface area (Å²) in [6.07, 6.45) is 4.60. The van der Waals surface area contributed by atoms with Crippen LogP contribution in [0.15, 0.2) is 12.4 Å². The molecule has 84 valence electrons. The molecular weight excluding hydrogens is 206 g/mol. The molecule has 2 aromatic rings. The summed E-state index contributed by atoms with van der Waals surface area (Å²) >= 11 is 0. The molecule has 16 heavy (non-hydrogen) atoms. The fraction of sp³-hybridized carbons (Fsp3) is 0.556. The zero-order valence-electron chi connectivity index (χ0n) is 9.04. The summed E-state index contributed by atoms with van der Waals surface area (Å²) in [7, 11) is 1.99. The third-order valence-corrected chi connectivity index (χ3v) is 3.01. The van der Waals surface area contributed by atoms with Crippen LogP contribution >= 0.6 is 0 Å². The van der Waals surface area contributed by atoms with Crippen molar-refractivity contribution in [3.63, 3.8) is 0 Å². The fourth-order valence-electron chi connectivity index (χ4n) is 2.08. The fourth-order valence-corrected chi connectivity index (χ4v) is 2.08. The number of nitrogens with zero attached hydrogens (tertiary/aromatic N) is 6. The normalized spacial score (nSPS) is 20.8. The van der Waals surface area contributed by atoms with Gasteiger partial charge in [0.25, 0.3) is 0 Å². The number of nitrogens with one attached hydrogen (secondary N) is 1. The number of hydrogen-bond acceptors (Lipinski definition) is 6. The van der Waals surface area contributed by atoms with Gasteiger partial charge in [-0.15, -0.1) is 5.10 Å². The molecule has 0 aliphatic carbocycles. The summed E-state index contributed by atoms with van der Waals surface area (Å²) in [5.41, 5.74) is 0.686. The second-order valence-corrected chi connectivity index (χ2v) is 3.93. The minimum atomic E-state index is 0.534. The Balaban J connectivity index is 1.97. The molecule has 7 heteroatoms. The van der Waals surface area contributed by atoms with Crippen molar-refractivity contribution in [1.82, 2.24) is 30.3 Å². The molecule has 0 spiro atoms. The lowest BCUT2D eigenvalue weighted by atomic mass is 10.3. The summed E-state index contributed by atoms with van der Waals surface area (Å²) < 4.78 is 1.73. The lowest BCUT2D eigenvalue weighted by Crippen LogP contribution is -2.30. The number of rotatable bonds is 2. The number of anilines is 1. The zero-order chi connectivity index (χ0) is 11.0. The molecule has 1 aliphatic heterocycles. The predicted molar refractivity (Wildman–Crippen MR) is 58.3 cm³/mol. The quantitative estimate of drug-likeness (QED) is 0.721. The van der Waals surface area contributed by atoms with E-state index in [4.69, 9.17) is 0 Å². The molecular formula is C9H13N7. The Morgan fingerprint density at radius 3 is 3.19 bits per heavy atom. The van der Waals surface area contributed by atoms with Crippen molar-refractivity contribution in [2.45, 2.75) is 12.5 Å². The molecule has 0 radical (unpaired) electrons. The predicted octanol–water partition coefficient (Wildman–Crippen LogP) is -0.683. The van der Waals surface area contributed by atoms with Crippen molar-refractivity contribution in [1.29, 1.82) is 0 Å². The highest BCUT2D eigenvalue weighted by molar-refractivity contribution is 5.46. The first-order valence-electron chi connectivity index (χ1n) is 5.33. The number of tetrazole rings is 1. The van der Waals surface area contributed by atoms with Crippen LogP contribution in [0.5, 0.6) is 0 Å². The maximum atomic E-state index is 4.16. The average molecular weight is 219 g/mol.